The van der Waals surface area contributed by atoms with Crippen molar-refractivity contribution >= 4 is 11.9 Å². The second kappa shape index (κ2) is 13.6. The first-order chi connectivity index (χ1) is 9.63. The second-order valence-corrected chi connectivity index (χ2v) is 4.17. The lowest BCUT2D eigenvalue weighted by atomic mass is 10.2. The van der Waals surface area contributed by atoms with Crippen LogP contribution in [0.5, 0.6) is 0 Å². The maximum atomic E-state index is 10.5. The molecule has 0 aliphatic carbocycles. The molecule has 0 amide bonds. The Labute approximate surface area is 121 Å². The number of esters is 2. The molecule has 0 aromatic rings. The summed E-state index contributed by atoms with van der Waals surface area (Å²) in [6, 6.07) is 0. The van der Waals surface area contributed by atoms with Crippen molar-refractivity contribution in [3.63, 3.8) is 0 Å². The van der Waals surface area contributed by atoms with Crippen LogP contribution in [0.4, 0.5) is 0 Å². The number of rotatable bonds is 10. The lowest BCUT2D eigenvalue weighted by Crippen LogP contribution is -1.97. The standard InChI is InChI=1S/C16H24O4/c1-15(17)19-13-11-9-7-5-3-4-6-8-10-12-14-20-16(2)18/h3-4,9-12H,5-8,13-14H2,1-2H3. The van der Waals surface area contributed by atoms with Gasteiger partial charge in [0, 0.05) is 13.8 Å². The predicted octanol–water partition coefficient (Wildman–Crippen LogP) is 3.34. The van der Waals surface area contributed by atoms with Crippen molar-refractivity contribution < 1.29 is 19.1 Å². The minimum absolute atomic E-state index is 0.253. The summed E-state index contributed by atoms with van der Waals surface area (Å²) in [6.07, 6.45) is 15.8. The average molecular weight is 280 g/mol. The maximum absolute atomic E-state index is 10.5. The minimum atomic E-state index is -0.253. The van der Waals surface area contributed by atoms with E-state index in [1.165, 1.54) is 13.8 Å². The predicted molar refractivity (Wildman–Crippen MR) is 79.2 cm³/mol. The molecule has 20 heavy (non-hydrogen) atoms. The number of carbonyl (C=O) groups excluding carboxylic acids is 2. The summed E-state index contributed by atoms with van der Waals surface area (Å²) in [5.41, 5.74) is 0. The van der Waals surface area contributed by atoms with E-state index in [2.05, 4.69) is 12.2 Å². The van der Waals surface area contributed by atoms with Gasteiger partial charge in [-0.2, -0.15) is 0 Å². The first kappa shape index (κ1) is 18.2. The largest absolute Gasteiger partial charge is 0.462 e. The molecule has 4 nitrogen and oxygen atoms in total. The molecule has 0 atom stereocenters. The fraction of sp³-hybridized carbons (Fsp3) is 0.500. The summed E-state index contributed by atoms with van der Waals surface area (Å²) < 4.78 is 9.53. The molecular formula is C16H24O4. The molecule has 0 rings (SSSR count). The Kier molecular flexibility index (Phi) is 12.3. The Hall–Kier alpha value is -1.84. The fourth-order valence-corrected chi connectivity index (χ4v) is 1.32. The number of unbranched alkanes of at least 4 members (excludes halogenated alkanes) is 2. The summed E-state index contributed by atoms with van der Waals surface area (Å²) in [5.74, 6) is -0.507. The van der Waals surface area contributed by atoms with Gasteiger partial charge in [0.25, 0.3) is 0 Å². The van der Waals surface area contributed by atoms with Crippen LogP contribution >= 0.6 is 0 Å². The SMILES string of the molecule is CC(=O)OCC=CCCC=CCCC=CCOC(C)=O. The van der Waals surface area contributed by atoms with Crippen LogP contribution in [0.25, 0.3) is 0 Å². The molecule has 0 spiro atoms. The van der Waals surface area contributed by atoms with Crippen molar-refractivity contribution in [2.45, 2.75) is 39.5 Å². The van der Waals surface area contributed by atoms with E-state index in [1.54, 1.807) is 0 Å². The first-order valence-corrected chi connectivity index (χ1v) is 6.84. The van der Waals surface area contributed by atoms with Gasteiger partial charge in [0.2, 0.25) is 0 Å². The number of hydrogen-bond donors (Lipinski definition) is 0. The zero-order valence-corrected chi connectivity index (χ0v) is 12.3. The molecule has 0 bridgehead atoms. The van der Waals surface area contributed by atoms with Crippen molar-refractivity contribution in [3.05, 3.63) is 36.5 Å². The van der Waals surface area contributed by atoms with Gasteiger partial charge in [-0.3, -0.25) is 9.59 Å². The van der Waals surface area contributed by atoms with Gasteiger partial charge in [-0.05, 0) is 25.7 Å². The monoisotopic (exact) mass is 280 g/mol. The highest BCUT2D eigenvalue weighted by Crippen LogP contribution is 1.98. The van der Waals surface area contributed by atoms with E-state index in [0.29, 0.717) is 13.2 Å². The Balaban J connectivity index is 3.35. The van der Waals surface area contributed by atoms with Gasteiger partial charge in [0.05, 0.1) is 0 Å². The molecule has 0 unspecified atom stereocenters. The summed E-state index contributed by atoms with van der Waals surface area (Å²) in [4.78, 5) is 21.0. The Morgan fingerprint density at radius 2 is 0.950 bits per heavy atom. The van der Waals surface area contributed by atoms with Gasteiger partial charge in [-0.15, -0.1) is 0 Å². The summed E-state index contributed by atoms with van der Waals surface area (Å²) in [6.45, 7) is 3.51. The number of hydrogen-bond acceptors (Lipinski definition) is 4. The van der Waals surface area contributed by atoms with Gasteiger partial charge in [-0.1, -0.05) is 36.5 Å². The molecule has 0 N–H and O–H groups in total. The summed E-state index contributed by atoms with van der Waals surface area (Å²) in [5, 5.41) is 0. The molecular weight excluding hydrogens is 256 g/mol. The topological polar surface area (TPSA) is 52.6 Å². The van der Waals surface area contributed by atoms with Crippen LogP contribution in [0.1, 0.15) is 39.5 Å². The lowest BCUT2D eigenvalue weighted by molar-refractivity contribution is -0.140. The zero-order valence-electron chi connectivity index (χ0n) is 12.3. The van der Waals surface area contributed by atoms with Crippen LogP contribution in [0.3, 0.4) is 0 Å². The molecule has 0 fully saturated rings. The highest BCUT2D eigenvalue weighted by molar-refractivity contribution is 5.66. The van der Waals surface area contributed by atoms with Crippen LogP contribution in [-0.4, -0.2) is 25.2 Å². The third kappa shape index (κ3) is 16.2. The molecule has 4 heteroatoms. The van der Waals surface area contributed by atoms with Crippen molar-refractivity contribution in [2.75, 3.05) is 13.2 Å². The normalized spacial score (nSPS) is 11.5. The van der Waals surface area contributed by atoms with Gasteiger partial charge in [0.1, 0.15) is 13.2 Å². The van der Waals surface area contributed by atoms with Gasteiger partial charge >= 0.3 is 11.9 Å². The number of allylic oxidation sites excluding steroid dienone is 4. The smallest absolute Gasteiger partial charge is 0.302 e. The van der Waals surface area contributed by atoms with Crippen molar-refractivity contribution in [3.8, 4) is 0 Å². The van der Waals surface area contributed by atoms with Gasteiger partial charge in [0.15, 0.2) is 0 Å². The van der Waals surface area contributed by atoms with Crippen molar-refractivity contribution in [1.29, 1.82) is 0 Å². The lowest BCUT2D eigenvalue weighted by Gasteiger charge is -1.94. The highest BCUT2D eigenvalue weighted by atomic mass is 16.5. The van der Waals surface area contributed by atoms with E-state index < -0.39 is 0 Å². The van der Waals surface area contributed by atoms with Crippen LogP contribution in [0.15, 0.2) is 36.5 Å². The molecule has 0 aromatic heterocycles. The van der Waals surface area contributed by atoms with Gasteiger partial charge < -0.3 is 9.47 Å². The van der Waals surface area contributed by atoms with Crippen LogP contribution in [0, 0.1) is 0 Å². The van der Waals surface area contributed by atoms with E-state index >= 15 is 0 Å². The molecule has 0 saturated heterocycles. The Bertz CT molecular complexity index is 319. The van der Waals surface area contributed by atoms with Crippen LogP contribution < -0.4 is 0 Å². The Morgan fingerprint density at radius 1 is 0.650 bits per heavy atom. The quantitative estimate of drug-likeness (QED) is 0.350. The molecule has 0 heterocycles. The molecule has 0 radical (unpaired) electrons. The summed E-state index contributed by atoms with van der Waals surface area (Å²) >= 11 is 0. The third-order valence-electron chi connectivity index (χ3n) is 2.27. The molecule has 112 valence electrons. The van der Waals surface area contributed by atoms with E-state index in [9.17, 15) is 9.59 Å². The van der Waals surface area contributed by atoms with Crippen LogP contribution in [-0.2, 0) is 19.1 Å². The number of ether oxygens (including phenoxy) is 2. The maximum Gasteiger partial charge on any atom is 0.302 e. The van der Waals surface area contributed by atoms with E-state index in [4.69, 9.17) is 9.47 Å². The number of carbonyl (C=O) groups is 2. The Morgan fingerprint density at radius 3 is 1.25 bits per heavy atom. The molecule has 0 aromatic carbocycles. The van der Waals surface area contributed by atoms with E-state index in [1.807, 2.05) is 24.3 Å². The minimum Gasteiger partial charge on any atom is -0.462 e. The summed E-state index contributed by atoms with van der Waals surface area (Å²) in [7, 11) is 0. The average Bonchev–Trinajstić information content (AvgIpc) is 2.38. The van der Waals surface area contributed by atoms with E-state index in [0.717, 1.165) is 25.7 Å². The first-order valence-electron chi connectivity index (χ1n) is 6.84. The second-order valence-electron chi connectivity index (χ2n) is 4.17. The molecule has 0 aliphatic rings. The van der Waals surface area contributed by atoms with E-state index in [-0.39, 0.29) is 11.9 Å². The van der Waals surface area contributed by atoms with Gasteiger partial charge in [-0.25, -0.2) is 0 Å². The molecule has 0 aliphatic heterocycles. The highest BCUT2D eigenvalue weighted by Gasteiger charge is 1.87. The molecule has 0 saturated carbocycles. The fourth-order valence-electron chi connectivity index (χ4n) is 1.32. The van der Waals surface area contributed by atoms with Crippen LogP contribution in [0.2, 0.25) is 0 Å². The zero-order chi connectivity index (χ0) is 15.1. The third-order valence-corrected chi connectivity index (χ3v) is 2.27. The van der Waals surface area contributed by atoms with Crippen molar-refractivity contribution in [2.24, 2.45) is 0 Å². The van der Waals surface area contributed by atoms with Crippen molar-refractivity contribution in [1.82, 2.24) is 0 Å².